The van der Waals surface area contributed by atoms with Gasteiger partial charge in [0.1, 0.15) is 13.1 Å². The summed E-state index contributed by atoms with van der Waals surface area (Å²) in [6.45, 7) is 2.93. The molecule has 3 rings (SSSR count). The average molecular weight is 359 g/mol. The number of aliphatic imine (C=N–C) groups is 1. The zero-order valence-corrected chi connectivity index (χ0v) is 13.7. The van der Waals surface area contributed by atoms with Crippen LogP contribution in [0.15, 0.2) is 22.0 Å². The maximum absolute atomic E-state index is 12.0. The molecule has 0 aromatic heterocycles. The van der Waals surface area contributed by atoms with Crippen LogP contribution < -0.4 is 10.0 Å². The Kier molecular flexibility index (Phi) is 4.75. The van der Waals surface area contributed by atoms with E-state index in [2.05, 4.69) is 4.99 Å². The molecule has 2 heterocycles. The van der Waals surface area contributed by atoms with Crippen LogP contribution in [0.3, 0.4) is 0 Å². The average Bonchev–Trinajstić information content (AvgIpc) is 2.87. The SMILES string of the molecule is O=C1N=C([NH+]2CCOCC2)SC1=Cc1cc(Cl)c([O-])c(Cl)c1. The second kappa shape index (κ2) is 6.60. The van der Waals surface area contributed by atoms with Crippen molar-refractivity contribution in [3.05, 3.63) is 32.6 Å². The number of amides is 1. The predicted molar refractivity (Wildman–Crippen MR) is 85.4 cm³/mol. The van der Waals surface area contributed by atoms with E-state index in [0.717, 1.165) is 23.2 Å². The first-order valence-electron chi connectivity index (χ1n) is 6.66. The van der Waals surface area contributed by atoms with Crippen LogP contribution in [0.2, 0.25) is 10.0 Å². The van der Waals surface area contributed by atoms with Crippen molar-refractivity contribution in [2.45, 2.75) is 0 Å². The smallest absolute Gasteiger partial charge is 0.289 e. The van der Waals surface area contributed by atoms with Crippen LogP contribution in [0.4, 0.5) is 0 Å². The number of morpholine rings is 1. The molecule has 116 valence electrons. The quantitative estimate of drug-likeness (QED) is 0.759. The Hall–Kier alpha value is -1.05. The van der Waals surface area contributed by atoms with Crippen LogP contribution in [-0.2, 0) is 9.53 Å². The zero-order valence-electron chi connectivity index (χ0n) is 11.4. The summed E-state index contributed by atoms with van der Waals surface area (Å²) in [4.78, 5) is 17.8. The largest absolute Gasteiger partial charge is 0.870 e. The Morgan fingerprint density at radius 2 is 1.91 bits per heavy atom. The third-order valence-corrected chi connectivity index (χ3v) is 4.98. The van der Waals surface area contributed by atoms with Gasteiger partial charge in [0.15, 0.2) is 0 Å². The van der Waals surface area contributed by atoms with E-state index in [-0.39, 0.29) is 16.0 Å². The van der Waals surface area contributed by atoms with Crippen molar-refractivity contribution in [2.75, 3.05) is 26.3 Å². The first-order valence-corrected chi connectivity index (χ1v) is 8.23. The summed E-state index contributed by atoms with van der Waals surface area (Å²) in [6, 6.07) is 2.99. The molecule has 1 fully saturated rings. The maximum Gasteiger partial charge on any atom is 0.289 e. The molecule has 0 spiro atoms. The molecular weight excluding hydrogens is 347 g/mol. The van der Waals surface area contributed by atoms with Gasteiger partial charge in [0.2, 0.25) is 0 Å². The first-order chi connectivity index (χ1) is 10.5. The van der Waals surface area contributed by atoms with Gasteiger partial charge in [-0.15, -0.1) is 4.99 Å². The second-order valence-corrected chi connectivity index (χ2v) is 6.71. The van der Waals surface area contributed by atoms with Crippen molar-refractivity contribution >= 4 is 52.1 Å². The number of hydrogen-bond donors (Lipinski definition) is 1. The fraction of sp³-hybridized carbons (Fsp3) is 0.286. The molecule has 1 aromatic carbocycles. The maximum atomic E-state index is 12.0. The Bertz CT molecular complexity index is 662. The van der Waals surface area contributed by atoms with E-state index in [1.165, 1.54) is 23.9 Å². The van der Waals surface area contributed by atoms with E-state index in [0.29, 0.717) is 23.7 Å². The molecule has 0 aliphatic carbocycles. The molecule has 1 N–H and O–H groups in total. The minimum atomic E-state index is -0.411. The number of thioether (sulfide) groups is 1. The summed E-state index contributed by atoms with van der Waals surface area (Å²) in [6.07, 6.45) is 1.65. The van der Waals surface area contributed by atoms with Crippen molar-refractivity contribution < 1.29 is 19.5 Å². The zero-order chi connectivity index (χ0) is 15.7. The lowest BCUT2D eigenvalue weighted by atomic mass is 10.2. The molecule has 5 nitrogen and oxygen atoms in total. The van der Waals surface area contributed by atoms with E-state index in [4.69, 9.17) is 27.9 Å². The lowest BCUT2D eigenvalue weighted by Gasteiger charge is -2.21. The van der Waals surface area contributed by atoms with E-state index < -0.39 is 5.75 Å². The molecule has 22 heavy (non-hydrogen) atoms. The number of carbonyl (C=O) groups excluding carboxylic acids is 1. The summed E-state index contributed by atoms with van der Waals surface area (Å²) >= 11 is 13.0. The van der Waals surface area contributed by atoms with Crippen molar-refractivity contribution in [2.24, 2.45) is 4.99 Å². The topological polar surface area (TPSA) is 66.2 Å². The van der Waals surface area contributed by atoms with Gasteiger partial charge in [0.05, 0.1) is 18.1 Å². The van der Waals surface area contributed by atoms with Crippen molar-refractivity contribution in [1.29, 1.82) is 0 Å². The van der Waals surface area contributed by atoms with Crippen molar-refractivity contribution in [1.82, 2.24) is 0 Å². The van der Waals surface area contributed by atoms with Crippen molar-refractivity contribution in [3.63, 3.8) is 0 Å². The standard InChI is InChI=1S/C14H12Cl2N2O3S/c15-9-5-8(6-10(16)12(9)19)7-11-13(20)17-14(22-11)18-1-3-21-4-2-18/h5-7,19H,1-4H2. The highest BCUT2D eigenvalue weighted by Gasteiger charge is 2.31. The number of rotatable bonds is 1. The van der Waals surface area contributed by atoms with E-state index >= 15 is 0 Å². The Morgan fingerprint density at radius 3 is 2.55 bits per heavy atom. The molecule has 1 saturated heterocycles. The van der Waals surface area contributed by atoms with Crippen LogP contribution >= 0.6 is 35.0 Å². The fourth-order valence-corrected chi connectivity index (χ4v) is 3.72. The number of carbonyl (C=O) groups is 1. The highest BCUT2D eigenvalue weighted by atomic mass is 35.5. The van der Waals surface area contributed by atoms with Crippen LogP contribution in [0, 0.1) is 0 Å². The lowest BCUT2D eigenvalue weighted by molar-refractivity contribution is -0.812. The number of nitrogens with zero attached hydrogens (tertiary/aromatic N) is 1. The van der Waals surface area contributed by atoms with Gasteiger partial charge in [-0.25, -0.2) is 0 Å². The van der Waals surface area contributed by atoms with Gasteiger partial charge in [0, 0.05) is 10.0 Å². The number of halogens is 2. The summed E-state index contributed by atoms with van der Waals surface area (Å²) < 4.78 is 5.30. The van der Waals surface area contributed by atoms with Crippen molar-refractivity contribution in [3.8, 4) is 5.75 Å². The lowest BCUT2D eigenvalue weighted by Crippen LogP contribution is -3.15. The van der Waals surface area contributed by atoms with Gasteiger partial charge >= 0.3 is 0 Å². The Morgan fingerprint density at radius 1 is 1.27 bits per heavy atom. The molecule has 0 unspecified atom stereocenters. The molecule has 2 aliphatic rings. The van der Waals surface area contributed by atoms with Gasteiger partial charge < -0.3 is 9.84 Å². The van der Waals surface area contributed by atoms with Crippen LogP contribution in [0.1, 0.15) is 5.56 Å². The molecule has 0 saturated carbocycles. The minimum Gasteiger partial charge on any atom is -0.870 e. The van der Waals surface area contributed by atoms with Gasteiger partial charge in [-0.05, 0) is 35.5 Å². The normalized spacial score (nSPS) is 21.5. The van der Waals surface area contributed by atoms with Crippen LogP contribution in [0.25, 0.3) is 6.08 Å². The predicted octanol–water partition coefficient (Wildman–Crippen LogP) is 0.952. The molecule has 1 amide bonds. The van der Waals surface area contributed by atoms with Gasteiger partial charge in [0.25, 0.3) is 11.1 Å². The van der Waals surface area contributed by atoms with E-state index in [1.54, 1.807) is 6.08 Å². The van der Waals surface area contributed by atoms with Crippen LogP contribution in [-0.4, -0.2) is 37.4 Å². The molecule has 0 atom stereocenters. The molecule has 1 aromatic rings. The number of benzene rings is 1. The molecule has 0 radical (unpaired) electrons. The van der Waals surface area contributed by atoms with E-state index in [9.17, 15) is 9.90 Å². The van der Waals surface area contributed by atoms with Gasteiger partial charge in [-0.3, -0.25) is 9.69 Å². The number of amidine groups is 1. The first kappa shape index (κ1) is 15.8. The number of hydrogen-bond acceptors (Lipinski definition) is 4. The molecule has 2 aliphatic heterocycles. The van der Waals surface area contributed by atoms with E-state index in [1.807, 2.05) is 0 Å². The number of ether oxygens (including phenoxy) is 1. The summed E-state index contributed by atoms with van der Waals surface area (Å²) in [5.41, 5.74) is 0.610. The number of quaternary nitrogens is 1. The highest BCUT2D eigenvalue weighted by molar-refractivity contribution is 8.18. The molecular formula is C14H12Cl2N2O3S. The third kappa shape index (κ3) is 3.31. The number of nitrogens with one attached hydrogen (secondary N) is 1. The summed E-state index contributed by atoms with van der Waals surface area (Å²) in [7, 11) is 0. The van der Waals surface area contributed by atoms with Crippen LogP contribution in [0.5, 0.6) is 5.75 Å². The highest BCUT2D eigenvalue weighted by Crippen LogP contribution is 2.33. The Labute approximate surface area is 141 Å². The molecule has 0 bridgehead atoms. The molecule has 8 heteroatoms. The summed E-state index contributed by atoms with van der Waals surface area (Å²) in [5, 5.41) is 12.3. The summed E-state index contributed by atoms with van der Waals surface area (Å²) in [5.74, 6) is -0.692. The van der Waals surface area contributed by atoms with Gasteiger partial charge in [-0.1, -0.05) is 29.0 Å². The van der Waals surface area contributed by atoms with Gasteiger partial charge in [-0.2, -0.15) is 0 Å². The minimum absolute atomic E-state index is 0.0368. The monoisotopic (exact) mass is 358 g/mol. The third-order valence-electron chi connectivity index (χ3n) is 3.34. The fourth-order valence-electron chi connectivity index (χ4n) is 2.21. The Balaban J connectivity index is 1.80. The second-order valence-electron chi connectivity index (χ2n) is 4.86.